The van der Waals surface area contributed by atoms with E-state index in [-0.39, 0.29) is 0 Å². The number of benzene rings is 1. The van der Waals surface area contributed by atoms with E-state index in [0.29, 0.717) is 0 Å². The fourth-order valence-corrected chi connectivity index (χ4v) is 2.08. The number of aromatic nitrogens is 1. The molecule has 0 aliphatic heterocycles. The Morgan fingerprint density at radius 1 is 1.00 bits per heavy atom. The number of pyridine rings is 1. The summed E-state index contributed by atoms with van der Waals surface area (Å²) in [6.07, 6.45) is 8.78. The van der Waals surface area contributed by atoms with E-state index in [4.69, 9.17) is 0 Å². The van der Waals surface area contributed by atoms with Crippen molar-refractivity contribution in [2.75, 3.05) is 5.32 Å². The third kappa shape index (κ3) is 4.74. The molecule has 19 heavy (non-hydrogen) atoms. The van der Waals surface area contributed by atoms with Gasteiger partial charge in [0.25, 0.3) is 0 Å². The molecule has 1 N–H and O–H groups in total. The van der Waals surface area contributed by atoms with Crippen LogP contribution in [0.4, 0.5) is 5.69 Å². The molecule has 0 unspecified atom stereocenters. The van der Waals surface area contributed by atoms with Gasteiger partial charge in [-0.15, -0.1) is 0 Å². The van der Waals surface area contributed by atoms with Crippen LogP contribution in [0.2, 0.25) is 0 Å². The molecule has 0 amide bonds. The van der Waals surface area contributed by atoms with Gasteiger partial charge in [-0.05, 0) is 42.2 Å². The maximum absolute atomic E-state index is 4.11. The number of nitrogens with zero attached hydrogens (tertiary/aromatic N) is 1. The second-order valence-electron chi connectivity index (χ2n) is 4.87. The predicted octanol–water partition coefficient (Wildman–Crippen LogP) is 4.43. The van der Waals surface area contributed by atoms with E-state index in [1.165, 1.54) is 42.5 Å². The number of unbranched alkanes of at least 4 members (excludes halogenated alkanes) is 2. The highest BCUT2D eigenvalue weighted by Gasteiger charge is 1.96. The van der Waals surface area contributed by atoms with Crippen molar-refractivity contribution in [2.45, 2.75) is 39.2 Å². The Labute approximate surface area is 115 Å². The van der Waals surface area contributed by atoms with Crippen LogP contribution < -0.4 is 5.32 Å². The molecular weight excluding hydrogens is 232 g/mol. The Balaban J connectivity index is 1.81. The number of hydrogen-bond acceptors (Lipinski definition) is 2. The molecule has 2 heteroatoms. The minimum Gasteiger partial charge on any atom is -0.381 e. The molecule has 1 aromatic heterocycles. The third-order valence-electron chi connectivity index (χ3n) is 3.24. The van der Waals surface area contributed by atoms with Gasteiger partial charge in [0.1, 0.15) is 0 Å². The van der Waals surface area contributed by atoms with Crippen molar-refractivity contribution in [3.05, 3.63) is 59.9 Å². The molecule has 0 saturated heterocycles. The van der Waals surface area contributed by atoms with E-state index in [0.717, 1.165) is 6.54 Å². The number of anilines is 1. The fourth-order valence-electron chi connectivity index (χ4n) is 2.08. The highest BCUT2D eigenvalue weighted by Crippen LogP contribution is 2.13. The highest BCUT2D eigenvalue weighted by molar-refractivity contribution is 5.45. The van der Waals surface area contributed by atoms with Crippen LogP contribution in [-0.4, -0.2) is 4.98 Å². The molecule has 0 spiro atoms. The van der Waals surface area contributed by atoms with Gasteiger partial charge in [-0.2, -0.15) is 0 Å². The Hall–Kier alpha value is -1.83. The Morgan fingerprint density at radius 3 is 2.53 bits per heavy atom. The van der Waals surface area contributed by atoms with Gasteiger partial charge in [0.15, 0.2) is 0 Å². The van der Waals surface area contributed by atoms with Crippen molar-refractivity contribution in [1.29, 1.82) is 0 Å². The van der Waals surface area contributed by atoms with E-state index in [2.05, 4.69) is 47.6 Å². The summed E-state index contributed by atoms with van der Waals surface area (Å²) in [7, 11) is 0. The van der Waals surface area contributed by atoms with Gasteiger partial charge in [0.05, 0.1) is 0 Å². The van der Waals surface area contributed by atoms with E-state index < -0.39 is 0 Å². The summed E-state index contributed by atoms with van der Waals surface area (Å²) >= 11 is 0. The molecule has 0 aliphatic rings. The molecule has 1 aromatic carbocycles. The summed E-state index contributed by atoms with van der Waals surface area (Å²) in [6, 6.07) is 12.8. The molecule has 2 nitrogen and oxygen atoms in total. The van der Waals surface area contributed by atoms with Crippen molar-refractivity contribution in [1.82, 2.24) is 4.98 Å². The molecule has 0 saturated carbocycles. The first-order valence-electron chi connectivity index (χ1n) is 7.10. The summed E-state index contributed by atoms with van der Waals surface area (Å²) in [5.41, 5.74) is 3.80. The van der Waals surface area contributed by atoms with Crippen LogP contribution in [0.25, 0.3) is 0 Å². The summed E-state index contributed by atoms with van der Waals surface area (Å²) in [4.78, 5) is 4.11. The van der Waals surface area contributed by atoms with Gasteiger partial charge < -0.3 is 5.32 Å². The van der Waals surface area contributed by atoms with Crippen molar-refractivity contribution >= 4 is 5.69 Å². The van der Waals surface area contributed by atoms with Crippen LogP contribution in [0.1, 0.15) is 37.3 Å². The first-order chi connectivity index (χ1) is 9.38. The van der Waals surface area contributed by atoms with Crippen LogP contribution >= 0.6 is 0 Å². The van der Waals surface area contributed by atoms with Crippen LogP contribution in [-0.2, 0) is 13.0 Å². The Bertz CT molecular complexity index is 462. The number of aryl methyl sites for hydroxylation is 1. The molecule has 0 aliphatic carbocycles. The lowest BCUT2D eigenvalue weighted by molar-refractivity contribution is 0.717. The van der Waals surface area contributed by atoms with Crippen LogP contribution in [0.5, 0.6) is 0 Å². The molecule has 1 heterocycles. The summed E-state index contributed by atoms with van der Waals surface area (Å²) in [5, 5.41) is 3.42. The van der Waals surface area contributed by atoms with Gasteiger partial charge in [-0.1, -0.05) is 38.0 Å². The van der Waals surface area contributed by atoms with Crippen LogP contribution in [0, 0.1) is 0 Å². The van der Waals surface area contributed by atoms with Gasteiger partial charge in [-0.3, -0.25) is 4.98 Å². The van der Waals surface area contributed by atoms with Crippen LogP contribution in [0.3, 0.4) is 0 Å². The highest BCUT2D eigenvalue weighted by atomic mass is 14.9. The van der Waals surface area contributed by atoms with E-state index in [1.54, 1.807) is 6.20 Å². The minimum atomic E-state index is 0.822. The lowest BCUT2D eigenvalue weighted by atomic mass is 10.1. The van der Waals surface area contributed by atoms with E-state index in [9.17, 15) is 0 Å². The number of rotatable bonds is 7. The average Bonchev–Trinajstić information content (AvgIpc) is 2.48. The van der Waals surface area contributed by atoms with Gasteiger partial charge in [0.2, 0.25) is 0 Å². The van der Waals surface area contributed by atoms with Crippen molar-refractivity contribution in [3.8, 4) is 0 Å². The zero-order chi connectivity index (χ0) is 13.3. The summed E-state index contributed by atoms with van der Waals surface area (Å²) in [6.45, 7) is 3.06. The van der Waals surface area contributed by atoms with Crippen molar-refractivity contribution in [3.63, 3.8) is 0 Å². The third-order valence-corrected chi connectivity index (χ3v) is 3.24. The molecular formula is C17H22N2. The first-order valence-corrected chi connectivity index (χ1v) is 7.10. The standard InChI is InChI=1S/C17H22N2/c1-2-3-4-6-15-8-10-17(11-9-15)19-14-16-7-5-12-18-13-16/h5,7-13,19H,2-4,6,14H2,1H3. The molecule has 0 atom stereocenters. The fraction of sp³-hybridized carbons (Fsp3) is 0.353. The first kappa shape index (κ1) is 13.6. The molecule has 2 rings (SSSR count). The van der Waals surface area contributed by atoms with Crippen molar-refractivity contribution in [2.24, 2.45) is 0 Å². The molecule has 0 radical (unpaired) electrons. The molecule has 100 valence electrons. The minimum absolute atomic E-state index is 0.822. The van der Waals surface area contributed by atoms with Crippen molar-refractivity contribution < 1.29 is 0 Å². The average molecular weight is 254 g/mol. The smallest absolute Gasteiger partial charge is 0.0416 e. The lowest BCUT2D eigenvalue weighted by Crippen LogP contribution is -1.99. The lowest BCUT2D eigenvalue weighted by Gasteiger charge is -2.07. The SMILES string of the molecule is CCCCCc1ccc(NCc2cccnc2)cc1. The number of hydrogen-bond donors (Lipinski definition) is 1. The van der Waals surface area contributed by atoms with Gasteiger partial charge in [0, 0.05) is 24.6 Å². The monoisotopic (exact) mass is 254 g/mol. The second kappa shape index (κ2) is 7.57. The maximum atomic E-state index is 4.11. The predicted molar refractivity (Wildman–Crippen MR) is 81.2 cm³/mol. The zero-order valence-corrected chi connectivity index (χ0v) is 11.6. The topological polar surface area (TPSA) is 24.9 Å². The summed E-state index contributed by atoms with van der Waals surface area (Å²) in [5.74, 6) is 0. The largest absolute Gasteiger partial charge is 0.381 e. The molecule has 2 aromatic rings. The van der Waals surface area contributed by atoms with E-state index in [1.807, 2.05) is 12.3 Å². The quantitative estimate of drug-likeness (QED) is 0.739. The van der Waals surface area contributed by atoms with E-state index >= 15 is 0 Å². The second-order valence-corrected chi connectivity index (χ2v) is 4.87. The van der Waals surface area contributed by atoms with Gasteiger partial charge >= 0.3 is 0 Å². The zero-order valence-electron chi connectivity index (χ0n) is 11.6. The maximum Gasteiger partial charge on any atom is 0.0416 e. The number of nitrogens with one attached hydrogen (secondary N) is 1. The van der Waals surface area contributed by atoms with Crippen LogP contribution in [0.15, 0.2) is 48.8 Å². The Kier molecular flexibility index (Phi) is 5.42. The molecule has 0 fully saturated rings. The molecule has 0 bridgehead atoms. The van der Waals surface area contributed by atoms with Gasteiger partial charge in [-0.25, -0.2) is 0 Å². The summed E-state index contributed by atoms with van der Waals surface area (Å²) < 4.78 is 0. The normalized spacial score (nSPS) is 10.4. The Morgan fingerprint density at radius 2 is 1.84 bits per heavy atom.